The van der Waals surface area contributed by atoms with Crippen LogP contribution in [0.1, 0.15) is 6.42 Å². The molecule has 0 unspecified atom stereocenters. The molecule has 0 aliphatic heterocycles. The van der Waals surface area contributed by atoms with Crippen molar-refractivity contribution in [3.8, 4) is 0 Å². The molecule has 0 aliphatic rings. The predicted octanol–water partition coefficient (Wildman–Crippen LogP) is 1.42. The molecule has 0 fully saturated rings. The highest BCUT2D eigenvalue weighted by atomic mass is 28.4. The number of nitrogens with zero attached hydrogens (tertiary/aromatic N) is 1. The molecule has 1 N–H and O–H groups in total. The number of hydrogen-bond acceptors (Lipinski definition) is 4. The van der Waals surface area contributed by atoms with Crippen molar-refractivity contribution >= 4 is 14.9 Å². The van der Waals surface area contributed by atoms with E-state index in [0.717, 1.165) is 0 Å². The van der Waals surface area contributed by atoms with Gasteiger partial charge in [0.05, 0.1) is 0 Å². The zero-order valence-corrected chi connectivity index (χ0v) is 11.6. The molecule has 0 aromatic carbocycles. The number of carboxylic acid groups (broad SMARTS) is 1. The molecule has 0 aliphatic carbocycles. The van der Waals surface area contributed by atoms with Crippen LogP contribution in [0.15, 0.2) is 12.7 Å². The van der Waals surface area contributed by atoms with Crippen LogP contribution in [0, 0.1) is 0 Å². The van der Waals surface area contributed by atoms with Gasteiger partial charge in [-0.05, 0) is 6.42 Å². The van der Waals surface area contributed by atoms with Crippen molar-refractivity contribution in [2.75, 3.05) is 34.4 Å². The number of amides is 1. The van der Waals surface area contributed by atoms with E-state index in [-0.39, 0.29) is 0 Å². The van der Waals surface area contributed by atoms with E-state index in [1.807, 2.05) is 0 Å². The fourth-order valence-electron chi connectivity index (χ4n) is 1.46. The van der Waals surface area contributed by atoms with E-state index < -0.39 is 14.9 Å². The highest BCUT2D eigenvalue weighted by Gasteiger charge is 2.37. The molecule has 0 radical (unpaired) electrons. The van der Waals surface area contributed by atoms with Gasteiger partial charge in [0.25, 0.3) is 0 Å². The van der Waals surface area contributed by atoms with E-state index in [0.29, 0.717) is 25.6 Å². The monoisotopic (exact) mass is 263 g/mol. The molecule has 0 atom stereocenters. The molecular weight excluding hydrogens is 242 g/mol. The molecule has 0 spiro atoms. The third-order valence-electron chi connectivity index (χ3n) is 2.46. The average Bonchev–Trinajstić information content (AvgIpc) is 2.34. The first-order valence-corrected chi connectivity index (χ1v) is 7.22. The van der Waals surface area contributed by atoms with Gasteiger partial charge in [-0.2, -0.15) is 0 Å². The third-order valence-corrected chi connectivity index (χ3v) is 5.30. The Hall–Kier alpha value is -0.893. The van der Waals surface area contributed by atoms with Crippen LogP contribution in [0.3, 0.4) is 0 Å². The maximum absolute atomic E-state index is 10.8. The topological polar surface area (TPSA) is 68.2 Å². The van der Waals surface area contributed by atoms with Crippen LogP contribution < -0.4 is 0 Å². The minimum Gasteiger partial charge on any atom is -0.465 e. The molecular formula is C10H21NO5Si. The Bertz CT molecular complexity index is 237. The molecule has 6 nitrogen and oxygen atoms in total. The minimum absolute atomic E-state index is 0.316. The lowest BCUT2D eigenvalue weighted by Crippen LogP contribution is -2.43. The number of carbonyl (C=O) groups is 1. The quantitative estimate of drug-likeness (QED) is 0.503. The lowest BCUT2D eigenvalue weighted by Gasteiger charge is -2.25. The number of rotatable bonds is 9. The Morgan fingerprint density at radius 3 is 2.24 bits per heavy atom. The molecule has 0 saturated heterocycles. The van der Waals surface area contributed by atoms with Crippen LogP contribution in [-0.2, 0) is 13.3 Å². The summed E-state index contributed by atoms with van der Waals surface area (Å²) in [6.45, 7) is 4.24. The van der Waals surface area contributed by atoms with Gasteiger partial charge in [0.2, 0.25) is 0 Å². The molecule has 0 bridgehead atoms. The van der Waals surface area contributed by atoms with E-state index in [1.165, 1.54) is 26.2 Å². The highest BCUT2D eigenvalue weighted by Crippen LogP contribution is 2.15. The van der Waals surface area contributed by atoms with Crippen molar-refractivity contribution in [1.29, 1.82) is 0 Å². The highest BCUT2D eigenvalue weighted by molar-refractivity contribution is 6.60. The molecule has 0 heterocycles. The standard InChI is InChI=1S/C10H21NO5Si/c1-5-7-11(10(12)13)8-6-9-17(14-2,15-3)16-4/h5H,1,6-9H2,2-4H3,(H,12,13). The maximum Gasteiger partial charge on any atom is 0.500 e. The van der Waals surface area contributed by atoms with Crippen LogP contribution in [0.4, 0.5) is 4.79 Å². The molecule has 0 saturated carbocycles. The van der Waals surface area contributed by atoms with Gasteiger partial charge < -0.3 is 23.3 Å². The Balaban J connectivity index is 4.17. The fourth-order valence-corrected chi connectivity index (χ4v) is 3.17. The zero-order valence-electron chi connectivity index (χ0n) is 10.6. The number of hydrogen-bond donors (Lipinski definition) is 1. The summed E-state index contributed by atoms with van der Waals surface area (Å²) >= 11 is 0. The van der Waals surface area contributed by atoms with Crippen LogP contribution in [0.2, 0.25) is 6.04 Å². The smallest absolute Gasteiger partial charge is 0.465 e. The summed E-state index contributed by atoms with van der Waals surface area (Å²) < 4.78 is 15.7. The Morgan fingerprint density at radius 1 is 1.35 bits per heavy atom. The third kappa shape index (κ3) is 5.31. The van der Waals surface area contributed by atoms with Crippen molar-refractivity contribution in [3.05, 3.63) is 12.7 Å². The van der Waals surface area contributed by atoms with Gasteiger partial charge in [-0.15, -0.1) is 6.58 Å². The molecule has 0 aromatic heterocycles. The second-order valence-electron chi connectivity index (χ2n) is 3.42. The van der Waals surface area contributed by atoms with Crippen molar-refractivity contribution in [3.63, 3.8) is 0 Å². The average molecular weight is 263 g/mol. The van der Waals surface area contributed by atoms with Crippen LogP contribution in [0.25, 0.3) is 0 Å². The first-order chi connectivity index (χ1) is 8.05. The summed E-state index contributed by atoms with van der Waals surface area (Å²) in [5, 5.41) is 8.90. The Kier molecular flexibility index (Phi) is 7.80. The van der Waals surface area contributed by atoms with Gasteiger partial charge in [-0.1, -0.05) is 6.08 Å². The van der Waals surface area contributed by atoms with E-state index in [2.05, 4.69) is 6.58 Å². The minimum atomic E-state index is -2.59. The molecule has 17 heavy (non-hydrogen) atoms. The second kappa shape index (κ2) is 8.23. The molecule has 0 aromatic rings. The summed E-state index contributed by atoms with van der Waals surface area (Å²) in [5.41, 5.74) is 0. The van der Waals surface area contributed by atoms with Gasteiger partial charge in [0, 0.05) is 40.5 Å². The van der Waals surface area contributed by atoms with Gasteiger partial charge in [-0.25, -0.2) is 4.79 Å². The normalized spacial score (nSPS) is 11.2. The summed E-state index contributed by atoms with van der Waals surface area (Å²) in [6, 6.07) is 0.581. The second-order valence-corrected chi connectivity index (χ2v) is 6.51. The summed E-state index contributed by atoms with van der Waals surface area (Å²) in [7, 11) is 2.03. The fraction of sp³-hybridized carbons (Fsp3) is 0.700. The van der Waals surface area contributed by atoms with Gasteiger partial charge in [0.15, 0.2) is 0 Å². The van der Waals surface area contributed by atoms with E-state index in [9.17, 15) is 4.79 Å². The van der Waals surface area contributed by atoms with Crippen LogP contribution in [0.5, 0.6) is 0 Å². The lowest BCUT2D eigenvalue weighted by molar-refractivity contribution is 0.119. The maximum atomic E-state index is 10.8. The van der Waals surface area contributed by atoms with E-state index in [4.69, 9.17) is 18.4 Å². The summed E-state index contributed by atoms with van der Waals surface area (Å²) in [4.78, 5) is 12.1. The van der Waals surface area contributed by atoms with E-state index >= 15 is 0 Å². The molecule has 1 amide bonds. The summed E-state index contributed by atoms with van der Waals surface area (Å²) in [6.07, 6.45) is 1.23. The molecule has 0 rings (SSSR count). The van der Waals surface area contributed by atoms with Gasteiger partial charge >= 0.3 is 14.9 Å². The largest absolute Gasteiger partial charge is 0.500 e. The first kappa shape index (κ1) is 16.1. The molecule has 100 valence electrons. The Morgan fingerprint density at radius 2 is 1.88 bits per heavy atom. The summed E-state index contributed by atoms with van der Waals surface area (Å²) in [5.74, 6) is 0. The van der Waals surface area contributed by atoms with Crippen molar-refractivity contribution < 1.29 is 23.2 Å². The van der Waals surface area contributed by atoms with Crippen LogP contribution >= 0.6 is 0 Å². The van der Waals surface area contributed by atoms with Gasteiger partial charge in [-0.3, -0.25) is 0 Å². The van der Waals surface area contributed by atoms with Gasteiger partial charge in [0.1, 0.15) is 0 Å². The van der Waals surface area contributed by atoms with E-state index in [1.54, 1.807) is 6.08 Å². The molecule has 7 heteroatoms. The lowest BCUT2D eigenvalue weighted by atomic mass is 10.4. The predicted molar refractivity (Wildman–Crippen MR) is 66.0 cm³/mol. The SMILES string of the molecule is C=CCN(CCC[Si](OC)(OC)OC)C(=O)O. The first-order valence-electron chi connectivity index (χ1n) is 5.29. The Labute approximate surface area is 103 Å². The van der Waals surface area contributed by atoms with Crippen LogP contribution in [-0.4, -0.2) is 59.3 Å². The zero-order chi connectivity index (χ0) is 13.3. The van der Waals surface area contributed by atoms with Crippen molar-refractivity contribution in [2.45, 2.75) is 12.5 Å². The van der Waals surface area contributed by atoms with Crippen molar-refractivity contribution in [1.82, 2.24) is 4.90 Å². The van der Waals surface area contributed by atoms with Crippen molar-refractivity contribution in [2.24, 2.45) is 0 Å².